The van der Waals surface area contributed by atoms with Crippen LogP contribution < -0.4 is 15.4 Å². The van der Waals surface area contributed by atoms with Gasteiger partial charge in [0.05, 0.1) is 24.5 Å². The second-order valence-corrected chi connectivity index (χ2v) is 8.76. The van der Waals surface area contributed by atoms with Crippen molar-refractivity contribution in [3.05, 3.63) is 41.6 Å². The molecule has 0 aliphatic carbocycles. The quantitative estimate of drug-likeness (QED) is 0.206. The van der Waals surface area contributed by atoms with Crippen LogP contribution in [-0.2, 0) is 4.74 Å². The van der Waals surface area contributed by atoms with Gasteiger partial charge in [-0.15, -0.1) is 0 Å². The van der Waals surface area contributed by atoms with Crippen LogP contribution in [0.25, 0.3) is 0 Å². The number of aromatic nitrogens is 2. The number of rotatable bonds is 13. The van der Waals surface area contributed by atoms with Crippen molar-refractivity contribution in [2.24, 2.45) is 0 Å². The molecule has 0 atom stereocenters. The minimum atomic E-state index is 0.418. The summed E-state index contributed by atoms with van der Waals surface area (Å²) in [6, 6.07) is 7.97. The molecule has 0 radical (unpaired) electrons. The van der Waals surface area contributed by atoms with Gasteiger partial charge in [-0.3, -0.25) is 15.0 Å². The van der Waals surface area contributed by atoms with Gasteiger partial charge in [0.2, 0.25) is 5.95 Å². The molecule has 0 saturated carbocycles. The lowest BCUT2D eigenvalue weighted by molar-refractivity contribution is 0.0378. The van der Waals surface area contributed by atoms with Gasteiger partial charge < -0.3 is 15.4 Å². The largest absolute Gasteiger partial charge is 0.379 e. The molecule has 4 N–H and O–H groups in total. The van der Waals surface area contributed by atoms with Crippen molar-refractivity contribution in [1.82, 2.24) is 19.6 Å². The molecule has 1 aliphatic heterocycles. The maximum atomic E-state index is 8.78. The normalized spacial score (nSPS) is 14.3. The molecule has 1 aliphatic rings. The zero-order valence-corrected chi connectivity index (χ0v) is 19.9. The third kappa shape index (κ3) is 7.44. The Bertz CT molecular complexity index is 841. The highest BCUT2D eigenvalue weighted by Gasteiger charge is 2.15. The van der Waals surface area contributed by atoms with Crippen LogP contribution in [0.15, 0.2) is 35.4 Å². The van der Waals surface area contributed by atoms with Crippen LogP contribution in [0.4, 0.5) is 11.8 Å². The van der Waals surface area contributed by atoms with Gasteiger partial charge in [-0.2, -0.15) is 4.98 Å². The highest BCUT2D eigenvalue weighted by Crippen LogP contribution is 2.21. The zero-order chi connectivity index (χ0) is 22.6. The Morgan fingerprint density at radius 2 is 1.88 bits per heavy atom. The van der Waals surface area contributed by atoms with Crippen LogP contribution >= 0.6 is 11.9 Å². The molecular weight excluding hydrogens is 422 g/mol. The minimum absolute atomic E-state index is 0.418. The monoisotopic (exact) mass is 457 g/mol. The van der Waals surface area contributed by atoms with Crippen molar-refractivity contribution in [2.45, 2.75) is 31.1 Å². The molecule has 1 saturated heterocycles. The number of nitrogens with zero attached hydrogens (tertiary/aromatic N) is 3. The molecule has 0 spiro atoms. The van der Waals surface area contributed by atoms with E-state index in [-0.39, 0.29) is 0 Å². The molecule has 0 bridgehead atoms. The first kappa shape index (κ1) is 24.4. The van der Waals surface area contributed by atoms with E-state index in [0.717, 1.165) is 75.7 Å². The highest BCUT2D eigenvalue weighted by atomic mass is 32.2. The van der Waals surface area contributed by atoms with Gasteiger partial charge in [0.15, 0.2) is 0 Å². The Labute approximate surface area is 195 Å². The molecule has 2 heterocycles. The van der Waals surface area contributed by atoms with E-state index in [1.54, 1.807) is 18.1 Å². The molecule has 2 aromatic rings. The van der Waals surface area contributed by atoms with Crippen LogP contribution in [-0.4, -0.2) is 73.6 Å². The fraction of sp³-hybridized carbons (Fsp3) is 0.522. The topological polar surface area (TPSA) is 98.2 Å². The Hall–Kier alpha value is -2.20. The molecule has 32 heavy (non-hydrogen) atoms. The summed E-state index contributed by atoms with van der Waals surface area (Å²) in [5.41, 5.74) is 1.98. The lowest BCUT2D eigenvalue weighted by Gasteiger charge is -2.26. The fourth-order valence-electron chi connectivity index (χ4n) is 3.46. The molecule has 0 amide bonds. The Morgan fingerprint density at radius 1 is 1.12 bits per heavy atom. The van der Waals surface area contributed by atoms with Gasteiger partial charge >= 0.3 is 0 Å². The van der Waals surface area contributed by atoms with E-state index in [4.69, 9.17) is 15.1 Å². The van der Waals surface area contributed by atoms with E-state index in [0.29, 0.717) is 23.0 Å². The van der Waals surface area contributed by atoms with Gasteiger partial charge in [-0.05, 0) is 50.5 Å². The molecule has 3 rings (SSSR count). The molecule has 1 aromatic heterocycles. The summed E-state index contributed by atoms with van der Waals surface area (Å²) >= 11 is 1.55. The van der Waals surface area contributed by atoms with E-state index in [2.05, 4.69) is 32.2 Å². The van der Waals surface area contributed by atoms with Gasteiger partial charge in [-0.1, -0.05) is 25.5 Å². The maximum Gasteiger partial charge on any atom is 0.224 e. The van der Waals surface area contributed by atoms with Crippen LogP contribution in [0.2, 0.25) is 0 Å². The second-order valence-electron chi connectivity index (χ2n) is 7.68. The zero-order valence-electron chi connectivity index (χ0n) is 19.1. The van der Waals surface area contributed by atoms with Crippen LogP contribution in [0.5, 0.6) is 0 Å². The van der Waals surface area contributed by atoms with Crippen molar-refractivity contribution < 1.29 is 4.74 Å². The molecular formula is C23H35N7OS. The lowest BCUT2D eigenvalue weighted by Crippen LogP contribution is -2.37. The summed E-state index contributed by atoms with van der Waals surface area (Å²) in [7, 11) is 1.89. The summed E-state index contributed by atoms with van der Waals surface area (Å²) in [5, 5.41) is 15.5. The van der Waals surface area contributed by atoms with Gasteiger partial charge in [0.1, 0.15) is 5.82 Å². The van der Waals surface area contributed by atoms with Crippen molar-refractivity contribution in [2.75, 3.05) is 63.6 Å². The first-order chi connectivity index (χ1) is 15.7. The van der Waals surface area contributed by atoms with Crippen molar-refractivity contribution in [3.8, 4) is 0 Å². The molecule has 9 heteroatoms. The summed E-state index contributed by atoms with van der Waals surface area (Å²) in [5.74, 6) is 1.31. The van der Waals surface area contributed by atoms with Crippen LogP contribution in [0, 0.1) is 5.41 Å². The van der Waals surface area contributed by atoms with E-state index in [1.807, 2.05) is 31.3 Å². The number of hydrogen-bond acceptors (Lipinski definition) is 9. The molecule has 8 nitrogen and oxygen atoms in total. The van der Waals surface area contributed by atoms with Gasteiger partial charge in [0, 0.05) is 42.8 Å². The predicted molar refractivity (Wildman–Crippen MR) is 133 cm³/mol. The first-order valence-corrected chi connectivity index (χ1v) is 12.2. The smallest absolute Gasteiger partial charge is 0.224 e. The number of benzene rings is 1. The molecule has 0 unspecified atom stereocenters. The standard InChI is InChI=1S/C23H35N7OS/c1-3-4-10-27-23-28-17-20(21(24)18-6-8-19(9-7-18)32-25-2)22(29-23)26-11-5-12-30-13-15-31-16-14-30/h6-9,17,24-25H,3-5,10-16H2,1-2H3,(H2,26,27,28,29). The number of unbranched alkanes of at least 4 members (excludes halogenated alkanes) is 1. The third-order valence-electron chi connectivity index (χ3n) is 5.28. The number of ether oxygens (including phenoxy) is 1. The Balaban J connectivity index is 1.68. The van der Waals surface area contributed by atoms with E-state index in [1.165, 1.54) is 0 Å². The average molecular weight is 458 g/mol. The van der Waals surface area contributed by atoms with Gasteiger partial charge in [0.25, 0.3) is 0 Å². The van der Waals surface area contributed by atoms with Crippen molar-refractivity contribution >= 4 is 29.4 Å². The van der Waals surface area contributed by atoms with E-state index < -0.39 is 0 Å². The summed E-state index contributed by atoms with van der Waals surface area (Å²) in [4.78, 5) is 12.7. The Morgan fingerprint density at radius 3 is 2.59 bits per heavy atom. The van der Waals surface area contributed by atoms with Crippen molar-refractivity contribution in [1.29, 1.82) is 5.41 Å². The Kier molecular flexibility index (Phi) is 10.2. The van der Waals surface area contributed by atoms with Crippen molar-refractivity contribution in [3.63, 3.8) is 0 Å². The summed E-state index contributed by atoms with van der Waals surface area (Å²) < 4.78 is 8.49. The second kappa shape index (κ2) is 13.4. The van der Waals surface area contributed by atoms with E-state index in [9.17, 15) is 0 Å². The summed E-state index contributed by atoms with van der Waals surface area (Å²) in [6.07, 6.45) is 4.94. The SMILES string of the molecule is CCCCNc1ncc(C(=N)c2ccc(SNC)cc2)c(NCCCN2CCOCC2)n1. The van der Waals surface area contributed by atoms with Gasteiger partial charge in [-0.25, -0.2) is 4.98 Å². The highest BCUT2D eigenvalue weighted by molar-refractivity contribution is 7.97. The van der Waals surface area contributed by atoms with E-state index >= 15 is 0 Å². The van der Waals surface area contributed by atoms with Crippen LogP contribution in [0.3, 0.4) is 0 Å². The molecule has 1 aromatic carbocycles. The summed E-state index contributed by atoms with van der Waals surface area (Å²) in [6.45, 7) is 8.45. The van der Waals surface area contributed by atoms with Crippen LogP contribution in [0.1, 0.15) is 37.3 Å². The lowest BCUT2D eigenvalue weighted by atomic mass is 10.0. The number of hydrogen-bond donors (Lipinski definition) is 4. The predicted octanol–water partition coefficient (Wildman–Crippen LogP) is 3.47. The number of morpholine rings is 1. The maximum absolute atomic E-state index is 8.78. The molecule has 1 fully saturated rings. The number of nitrogens with one attached hydrogen (secondary N) is 4. The third-order valence-corrected chi connectivity index (χ3v) is 5.99. The fourth-order valence-corrected chi connectivity index (χ4v) is 3.97. The minimum Gasteiger partial charge on any atom is -0.379 e. The average Bonchev–Trinajstić information content (AvgIpc) is 2.83. The number of anilines is 2. The first-order valence-electron chi connectivity index (χ1n) is 11.4. The molecule has 174 valence electrons.